The van der Waals surface area contributed by atoms with Crippen LogP contribution in [0.5, 0.6) is 5.75 Å². The van der Waals surface area contributed by atoms with Crippen LogP contribution >= 0.6 is 0 Å². The quantitative estimate of drug-likeness (QED) is 0.654. The van der Waals surface area contributed by atoms with Crippen LogP contribution in [0.15, 0.2) is 23.1 Å². The van der Waals surface area contributed by atoms with Crippen LogP contribution in [0.4, 0.5) is 0 Å². The molecule has 0 radical (unpaired) electrons. The number of ether oxygens (including phenoxy) is 2. The number of nitrogens with zero attached hydrogens (tertiary/aromatic N) is 2. The van der Waals surface area contributed by atoms with E-state index in [0.717, 1.165) is 13.0 Å². The van der Waals surface area contributed by atoms with Gasteiger partial charge in [0.2, 0.25) is 10.0 Å². The van der Waals surface area contributed by atoms with Gasteiger partial charge in [0.1, 0.15) is 23.4 Å². The zero-order valence-corrected chi connectivity index (χ0v) is 19.4. The molecule has 0 fully saturated rings. The highest BCUT2D eigenvalue weighted by Gasteiger charge is 2.38. The fraction of sp³-hybridized carbons (Fsp3) is 0.636. The molecule has 0 bridgehead atoms. The minimum absolute atomic E-state index is 0.0653. The zero-order chi connectivity index (χ0) is 22.3. The van der Waals surface area contributed by atoms with Gasteiger partial charge in [-0.15, -0.1) is 0 Å². The van der Waals surface area contributed by atoms with Crippen molar-refractivity contribution in [2.75, 3.05) is 47.0 Å². The van der Waals surface area contributed by atoms with Crippen molar-refractivity contribution in [3.05, 3.63) is 23.8 Å². The summed E-state index contributed by atoms with van der Waals surface area (Å²) >= 11 is 0. The lowest BCUT2D eigenvalue weighted by Crippen LogP contribution is -2.49. The topological polar surface area (TPSA) is 79.3 Å². The summed E-state index contributed by atoms with van der Waals surface area (Å²) in [6, 6.07) is 4.37. The van der Waals surface area contributed by atoms with E-state index in [1.54, 1.807) is 32.2 Å². The van der Waals surface area contributed by atoms with Crippen LogP contribution in [0.1, 0.15) is 32.8 Å². The second-order valence-corrected chi connectivity index (χ2v) is 9.76. The Morgan fingerprint density at radius 2 is 2.17 bits per heavy atom. The summed E-state index contributed by atoms with van der Waals surface area (Å²) in [6.45, 7) is 7.76. The standard InChI is InChI=1S/C22H34N2O5S/c1-6-11-23(4)15-21-17(2)14-24(18(3)16-25)30(26,27)22-10-9-19(8-7-12-28-5)13-20(22)29-21/h9-10,13,17-18,21,25H,6,11-12,14-16H2,1-5H3/t17-,18-,21-/m0/s1. The molecule has 1 aromatic carbocycles. The van der Waals surface area contributed by atoms with Crippen LogP contribution in [0.2, 0.25) is 0 Å². The molecule has 3 atom stereocenters. The number of hydrogen-bond acceptors (Lipinski definition) is 6. The van der Waals surface area contributed by atoms with Crippen LogP contribution < -0.4 is 4.74 Å². The molecular weight excluding hydrogens is 404 g/mol. The van der Waals surface area contributed by atoms with E-state index in [-0.39, 0.29) is 30.1 Å². The van der Waals surface area contributed by atoms with Crippen LogP contribution in [0, 0.1) is 17.8 Å². The van der Waals surface area contributed by atoms with Gasteiger partial charge in [0, 0.05) is 37.7 Å². The fourth-order valence-corrected chi connectivity index (χ4v) is 5.34. The lowest BCUT2D eigenvalue weighted by Gasteiger charge is -2.37. The molecule has 0 unspecified atom stereocenters. The average molecular weight is 439 g/mol. The minimum atomic E-state index is -3.83. The lowest BCUT2D eigenvalue weighted by atomic mass is 10.0. The summed E-state index contributed by atoms with van der Waals surface area (Å²) in [7, 11) is -0.221. The van der Waals surface area contributed by atoms with Gasteiger partial charge in [-0.05, 0) is 45.1 Å². The van der Waals surface area contributed by atoms with Crippen molar-refractivity contribution in [1.82, 2.24) is 9.21 Å². The molecule has 0 aliphatic carbocycles. The van der Waals surface area contributed by atoms with Gasteiger partial charge >= 0.3 is 0 Å². The normalized spacial score (nSPS) is 22.2. The fourth-order valence-electron chi connectivity index (χ4n) is 3.51. The first-order chi connectivity index (χ1) is 14.2. The predicted molar refractivity (Wildman–Crippen MR) is 117 cm³/mol. The van der Waals surface area contributed by atoms with Crippen LogP contribution in [-0.2, 0) is 14.8 Å². The molecule has 2 rings (SSSR count). The third kappa shape index (κ3) is 5.96. The number of fused-ring (bicyclic) bond motifs is 1. The molecule has 0 aromatic heterocycles. The van der Waals surface area contributed by atoms with Crippen molar-refractivity contribution >= 4 is 10.0 Å². The molecule has 0 amide bonds. The number of hydrogen-bond donors (Lipinski definition) is 1. The number of methoxy groups -OCH3 is 1. The van der Waals surface area contributed by atoms with Crippen LogP contribution in [-0.4, -0.2) is 81.9 Å². The molecule has 168 valence electrons. The van der Waals surface area contributed by atoms with E-state index in [0.29, 0.717) is 24.5 Å². The van der Waals surface area contributed by atoms with Gasteiger partial charge in [-0.25, -0.2) is 8.42 Å². The lowest BCUT2D eigenvalue weighted by molar-refractivity contribution is 0.0752. The predicted octanol–water partition coefficient (Wildman–Crippen LogP) is 1.79. The Bertz CT molecular complexity index is 862. The first-order valence-corrected chi connectivity index (χ1v) is 11.8. The first kappa shape index (κ1) is 24.6. The zero-order valence-electron chi connectivity index (χ0n) is 18.6. The molecule has 1 N–H and O–H groups in total. The molecule has 1 aliphatic heterocycles. The smallest absolute Gasteiger partial charge is 0.247 e. The maximum Gasteiger partial charge on any atom is 0.247 e. The van der Waals surface area contributed by atoms with Crippen molar-refractivity contribution in [2.24, 2.45) is 5.92 Å². The van der Waals surface area contributed by atoms with Gasteiger partial charge in [0.25, 0.3) is 0 Å². The molecule has 30 heavy (non-hydrogen) atoms. The van der Waals surface area contributed by atoms with Gasteiger partial charge in [0.05, 0.1) is 6.61 Å². The van der Waals surface area contributed by atoms with Crippen molar-refractivity contribution in [2.45, 2.75) is 44.2 Å². The number of aliphatic hydroxyl groups is 1. The summed E-state index contributed by atoms with van der Waals surface area (Å²) < 4.78 is 39.4. The molecule has 1 aliphatic rings. The number of sulfonamides is 1. The number of rotatable bonds is 7. The highest BCUT2D eigenvalue weighted by molar-refractivity contribution is 7.89. The maximum atomic E-state index is 13.4. The Morgan fingerprint density at radius 1 is 1.43 bits per heavy atom. The van der Waals surface area contributed by atoms with Gasteiger partial charge in [-0.1, -0.05) is 25.7 Å². The largest absolute Gasteiger partial charge is 0.487 e. The Labute approximate surface area is 181 Å². The molecule has 8 heteroatoms. The van der Waals surface area contributed by atoms with E-state index >= 15 is 0 Å². The van der Waals surface area contributed by atoms with E-state index in [1.165, 1.54) is 4.31 Å². The van der Waals surface area contributed by atoms with Crippen molar-refractivity contribution < 1.29 is 23.0 Å². The Balaban J connectivity index is 2.53. The molecule has 7 nitrogen and oxygen atoms in total. The molecule has 0 saturated carbocycles. The first-order valence-electron chi connectivity index (χ1n) is 10.3. The van der Waals surface area contributed by atoms with E-state index in [1.807, 2.05) is 14.0 Å². The maximum absolute atomic E-state index is 13.4. The third-order valence-electron chi connectivity index (χ3n) is 5.21. The average Bonchev–Trinajstić information content (AvgIpc) is 2.70. The highest BCUT2D eigenvalue weighted by Crippen LogP contribution is 2.34. The number of aliphatic hydroxyl groups excluding tert-OH is 1. The summed E-state index contributed by atoms with van der Waals surface area (Å²) in [5.41, 5.74) is 0.664. The van der Waals surface area contributed by atoms with E-state index in [4.69, 9.17) is 9.47 Å². The molecule has 1 heterocycles. The van der Waals surface area contributed by atoms with E-state index in [9.17, 15) is 13.5 Å². The molecular formula is C22H34N2O5S. The third-order valence-corrected chi connectivity index (χ3v) is 7.23. The second kappa shape index (κ2) is 11.1. The minimum Gasteiger partial charge on any atom is -0.487 e. The SMILES string of the molecule is CCCN(C)C[C@@H]1Oc2cc(C#CCOC)ccc2S(=O)(=O)N([C@@H](C)CO)C[C@@H]1C. The van der Waals surface area contributed by atoms with Crippen LogP contribution in [0.3, 0.4) is 0 Å². The number of likely N-dealkylation sites (N-methyl/N-ethyl adjacent to an activating group) is 1. The van der Waals surface area contributed by atoms with Crippen molar-refractivity contribution in [1.29, 1.82) is 0 Å². The summed E-state index contributed by atoms with van der Waals surface area (Å²) in [6.07, 6.45) is 0.821. The molecule has 0 saturated heterocycles. The Hall–Kier alpha value is -1.63. The van der Waals surface area contributed by atoms with Crippen LogP contribution in [0.25, 0.3) is 0 Å². The van der Waals surface area contributed by atoms with E-state index < -0.39 is 16.1 Å². The Morgan fingerprint density at radius 3 is 2.80 bits per heavy atom. The summed E-state index contributed by atoms with van der Waals surface area (Å²) in [5, 5.41) is 9.69. The molecule has 1 aromatic rings. The van der Waals surface area contributed by atoms with Gasteiger partial charge < -0.3 is 19.5 Å². The monoisotopic (exact) mass is 438 g/mol. The van der Waals surface area contributed by atoms with Gasteiger partial charge in [-0.2, -0.15) is 4.31 Å². The summed E-state index contributed by atoms with van der Waals surface area (Å²) in [4.78, 5) is 2.30. The number of benzene rings is 1. The van der Waals surface area contributed by atoms with E-state index in [2.05, 4.69) is 23.7 Å². The Kier molecular flexibility index (Phi) is 9.13. The second-order valence-electron chi connectivity index (χ2n) is 7.90. The highest BCUT2D eigenvalue weighted by atomic mass is 32.2. The van der Waals surface area contributed by atoms with Gasteiger partial charge in [-0.3, -0.25) is 0 Å². The summed E-state index contributed by atoms with van der Waals surface area (Å²) in [5.74, 6) is 6.10. The van der Waals surface area contributed by atoms with Crippen molar-refractivity contribution in [3.63, 3.8) is 0 Å². The van der Waals surface area contributed by atoms with Crippen molar-refractivity contribution in [3.8, 4) is 17.6 Å². The molecule has 0 spiro atoms. The van der Waals surface area contributed by atoms with Gasteiger partial charge in [0.15, 0.2) is 0 Å².